The molecule has 1 amide bonds. The summed E-state index contributed by atoms with van der Waals surface area (Å²) in [5, 5.41) is 0. The molecular formula is C22H27NO4. The number of likely N-dealkylation sites (N-methyl/N-ethyl adjacent to an activating group) is 1. The third kappa shape index (κ3) is 3.87. The largest absolute Gasteiger partial charge is 0.493 e. The summed E-state index contributed by atoms with van der Waals surface area (Å²) < 4.78 is 16.1. The highest BCUT2D eigenvalue weighted by molar-refractivity contribution is 5.79. The molecule has 0 bridgehead atoms. The molecule has 1 atom stereocenters. The Morgan fingerprint density at radius 1 is 1.07 bits per heavy atom. The quantitative estimate of drug-likeness (QED) is 0.777. The number of ether oxygens (including phenoxy) is 3. The lowest BCUT2D eigenvalue weighted by molar-refractivity contribution is -0.131. The second-order valence-electron chi connectivity index (χ2n) is 6.82. The van der Waals surface area contributed by atoms with Crippen molar-refractivity contribution < 1.29 is 19.0 Å². The molecule has 0 fully saturated rings. The second-order valence-corrected chi connectivity index (χ2v) is 6.82. The predicted molar refractivity (Wildman–Crippen MR) is 105 cm³/mol. The number of rotatable bonds is 6. The predicted octanol–water partition coefficient (Wildman–Crippen LogP) is 3.79. The van der Waals surface area contributed by atoms with Crippen LogP contribution in [-0.4, -0.2) is 39.2 Å². The zero-order chi connectivity index (χ0) is 19.4. The first-order chi connectivity index (χ1) is 13.1. The molecule has 1 aliphatic rings. The third-order valence-electron chi connectivity index (χ3n) is 5.28. The molecule has 2 aromatic rings. The lowest BCUT2D eigenvalue weighted by Crippen LogP contribution is -2.34. The molecule has 1 aliphatic carbocycles. The minimum absolute atomic E-state index is 0.0750. The molecule has 0 heterocycles. The third-order valence-corrected chi connectivity index (χ3v) is 5.28. The number of aryl methyl sites for hydroxylation is 1. The van der Waals surface area contributed by atoms with Gasteiger partial charge in [-0.15, -0.1) is 0 Å². The van der Waals surface area contributed by atoms with E-state index in [2.05, 4.69) is 24.3 Å². The molecule has 0 radical (unpaired) electrons. The summed E-state index contributed by atoms with van der Waals surface area (Å²) in [5.74, 6) is 1.73. The van der Waals surface area contributed by atoms with Crippen LogP contribution in [0, 0.1) is 0 Å². The summed E-state index contributed by atoms with van der Waals surface area (Å²) in [6, 6.07) is 12.2. The molecule has 5 nitrogen and oxygen atoms in total. The van der Waals surface area contributed by atoms with Crippen molar-refractivity contribution in [1.82, 2.24) is 4.90 Å². The molecule has 3 rings (SSSR count). The smallest absolute Gasteiger partial charge is 0.227 e. The number of amides is 1. The Labute approximate surface area is 160 Å². The number of nitrogens with zero attached hydrogens (tertiary/aromatic N) is 1. The van der Waals surface area contributed by atoms with Crippen molar-refractivity contribution >= 4 is 5.91 Å². The van der Waals surface area contributed by atoms with E-state index in [1.54, 1.807) is 21.3 Å². The molecule has 0 N–H and O–H groups in total. The first-order valence-corrected chi connectivity index (χ1v) is 9.21. The van der Waals surface area contributed by atoms with Gasteiger partial charge in [-0.2, -0.15) is 0 Å². The van der Waals surface area contributed by atoms with Crippen LogP contribution in [-0.2, 0) is 17.6 Å². The number of methoxy groups -OCH3 is 3. The maximum absolute atomic E-state index is 13.0. The molecule has 0 unspecified atom stereocenters. The molecule has 0 spiro atoms. The van der Waals surface area contributed by atoms with Crippen molar-refractivity contribution in [3.8, 4) is 17.2 Å². The van der Waals surface area contributed by atoms with E-state index in [1.165, 1.54) is 11.1 Å². The summed E-state index contributed by atoms with van der Waals surface area (Å²) in [7, 11) is 6.62. The summed E-state index contributed by atoms with van der Waals surface area (Å²) >= 11 is 0. The monoisotopic (exact) mass is 369 g/mol. The lowest BCUT2D eigenvalue weighted by atomic mass is 9.87. The SMILES string of the molecule is COc1cc(CC(=O)N(C)[C@H]2CCCc3ccccc32)cc(OC)c1OC. The first kappa shape index (κ1) is 19.1. The number of hydrogen-bond acceptors (Lipinski definition) is 4. The molecule has 144 valence electrons. The van der Waals surface area contributed by atoms with Gasteiger partial charge in [0, 0.05) is 7.05 Å². The molecular weight excluding hydrogens is 342 g/mol. The van der Waals surface area contributed by atoms with E-state index in [0.29, 0.717) is 17.2 Å². The Hall–Kier alpha value is -2.69. The topological polar surface area (TPSA) is 48.0 Å². The molecule has 0 aromatic heterocycles. The van der Waals surface area contributed by atoms with Crippen molar-refractivity contribution in [3.05, 3.63) is 53.1 Å². The molecule has 5 heteroatoms. The minimum atomic E-state index is 0.0750. The van der Waals surface area contributed by atoms with Gasteiger partial charge in [0.05, 0.1) is 33.8 Å². The number of carbonyl (C=O) groups is 1. The van der Waals surface area contributed by atoms with Crippen LogP contribution in [0.1, 0.15) is 35.6 Å². The van der Waals surface area contributed by atoms with E-state index in [1.807, 2.05) is 24.1 Å². The van der Waals surface area contributed by atoms with Gasteiger partial charge >= 0.3 is 0 Å². The molecule has 2 aromatic carbocycles. The van der Waals surface area contributed by atoms with Gasteiger partial charge in [-0.3, -0.25) is 4.79 Å². The lowest BCUT2D eigenvalue weighted by Gasteiger charge is -2.33. The number of hydrogen-bond donors (Lipinski definition) is 0. The van der Waals surface area contributed by atoms with Crippen molar-refractivity contribution in [3.63, 3.8) is 0 Å². The highest BCUT2D eigenvalue weighted by Gasteiger charge is 2.27. The number of fused-ring (bicyclic) bond motifs is 1. The van der Waals surface area contributed by atoms with E-state index in [9.17, 15) is 4.79 Å². The Morgan fingerprint density at radius 2 is 1.74 bits per heavy atom. The van der Waals surface area contributed by atoms with E-state index < -0.39 is 0 Å². The van der Waals surface area contributed by atoms with Crippen LogP contribution in [0.3, 0.4) is 0 Å². The Kier molecular flexibility index (Phi) is 5.89. The van der Waals surface area contributed by atoms with Gasteiger partial charge in [-0.1, -0.05) is 24.3 Å². The normalized spacial score (nSPS) is 15.6. The van der Waals surface area contributed by atoms with Gasteiger partial charge in [-0.25, -0.2) is 0 Å². The molecule has 0 saturated carbocycles. The van der Waals surface area contributed by atoms with E-state index in [-0.39, 0.29) is 18.4 Å². The zero-order valence-corrected chi connectivity index (χ0v) is 16.5. The number of carbonyl (C=O) groups excluding carboxylic acids is 1. The maximum atomic E-state index is 13.0. The van der Waals surface area contributed by atoms with E-state index in [0.717, 1.165) is 24.8 Å². The van der Waals surface area contributed by atoms with Gasteiger partial charge in [0.25, 0.3) is 0 Å². The zero-order valence-electron chi connectivity index (χ0n) is 16.5. The van der Waals surface area contributed by atoms with Gasteiger partial charge in [-0.05, 0) is 48.1 Å². The number of benzene rings is 2. The average Bonchev–Trinajstić information content (AvgIpc) is 2.71. The van der Waals surface area contributed by atoms with Crippen LogP contribution < -0.4 is 14.2 Å². The maximum Gasteiger partial charge on any atom is 0.227 e. The van der Waals surface area contributed by atoms with Crippen LogP contribution >= 0.6 is 0 Å². The van der Waals surface area contributed by atoms with Crippen molar-refractivity contribution in [2.24, 2.45) is 0 Å². The van der Waals surface area contributed by atoms with E-state index in [4.69, 9.17) is 14.2 Å². The van der Waals surface area contributed by atoms with Crippen LogP contribution in [0.15, 0.2) is 36.4 Å². The van der Waals surface area contributed by atoms with Gasteiger partial charge in [0.2, 0.25) is 11.7 Å². The minimum Gasteiger partial charge on any atom is -0.493 e. The summed E-state index contributed by atoms with van der Waals surface area (Å²) in [4.78, 5) is 14.9. The Bertz CT molecular complexity index is 793. The van der Waals surface area contributed by atoms with Gasteiger partial charge in [0.15, 0.2) is 11.5 Å². The van der Waals surface area contributed by atoms with Crippen LogP contribution in [0.2, 0.25) is 0 Å². The summed E-state index contributed by atoms with van der Waals surface area (Å²) in [6.07, 6.45) is 3.46. The van der Waals surface area contributed by atoms with E-state index >= 15 is 0 Å². The highest BCUT2D eigenvalue weighted by atomic mass is 16.5. The van der Waals surface area contributed by atoms with Crippen LogP contribution in [0.5, 0.6) is 17.2 Å². The molecule has 0 aliphatic heterocycles. The van der Waals surface area contributed by atoms with Crippen LogP contribution in [0.4, 0.5) is 0 Å². The molecule has 27 heavy (non-hydrogen) atoms. The van der Waals surface area contributed by atoms with Gasteiger partial charge < -0.3 is 19.1 Å². The molecule has 0 saturated heterocycles. The van der Waals surface area contributed by atoms with Crippen molar-refractivity contribution in [2.75, 3.05) is 28.4 Å². The first-order valence-electron chi connectivity index (χ1n) is 9.21. The summed E-state index contributed by atoms with van der Waals surface area (Å²) in [5.41, 5.74) is 3.45. The van der Waals surface area contributed by atoms with Gasteiger partial charge in [0.1, 0.15) is 0 Å². The summed E-state index contributed by atoms with van der Waals surface area (Å²) in [6.45, 7) is 0. The fourth-order valence-electron chi connectivity index (χ4n) is 3.84. The van der Waals surface area contributed by atoms with Crippen molar-refractivity contribution in [1.29, 1.82) is 0 Å². The Balaban J connectivity index is 1.82. The standard InChI is InChI=1S/C22H27NO4/c1-23(18-11-7-9-16-8-5-6-10-17(16)18)21(24)14-15-12-19(25-2)22(27-4)20(13-15)26-3/h5-6,8,10,12-13,18H,7,9,11,14H2,1-4H3/t18-/m0/s1. The van der Waals surface area contributed by atoms with Crippen molar-refractivity contribution in [2.45, 2.75) is 31.7 Å². The van der Waals surface area contributed by atoms with Crippen LogP contribution in [0.25, 0.3) is 0 Å². The second kappa shape index (κ2) is 8.33. The average molecular weight is 369 g/mol. The highest BCUT2D eigenvalue weighted by Crippen LogP contribution is 2.39. The Morgan fingerprint density at radius 3 is 2.37 bits per heavy atom. The fraction of sp³-hybridized carbons (Fsp3) is 0.409. The fourth-order valence-corrected chi connectivity index (χ4v) is 3.84.